The monoisotopic (exact) mass is 273 g/mol. The highest BCUT2D eigenvalue weighted by atomic mass is 16.2. The van der Waals surface area contributed by atoms with Crippen LogP contribution in [-0.2, 0) is 4.79 Å². The highest BCUT2D eigenvalue weighted by Gasteiger charge is 2.37. The number of piperidine rings is 1. The van der Waals surface area contributed by atoms with Gasteiger partial charge in [-0.2, -0.15) is 0 Å². The van der Waals surface area contributed by atoms with E-state index in [1.165, 1.54) is 30.8 Å². The molecule has 2 heterocycles. The zero-order valence-electron chi connectivity index (χ0n) is 12.2. The fraction of sp³-hybridized carbons (Fsp3) is 0.750. The molecule has 0 bridgehead atoms. The second kappa shape index (κ2) is 4.61. The number of rotatable bonds is 3. The first kappa shape index (κ1) is 12.4. The van der Waals surface area contributed by atoms with Crippen LogP contribution in [0.5, 0.6) is 0 Å². The van der Waals surface area contributed by atoms with Gasteiger partial charge in [-0.05, 0) is 45.4 Å². The van der Waals surface area contributed by atoms with Crippen LogP contribution in [-0.4, -0.2) is 33.4 Å². The Balaban J connectivity index is 1.55. The highest BCUT2D eigenvalue weighted by molar-refractivity contribution is 5.81. The number of imidazole rings is 1. The van der Waals surface area contributed by atoms with E-state index in [9.17, 15) is 4.79 Å². The fourth-order valence-electron chi connectivity index (χ4n) is 3.54. The fourth-order valence-corrected chi connectivity index (χ4v) is 3.54. The zero-order chi connectivity index (χ0) is 13.7. The van der Waals surface area contributed by atoms with Crippen molar-refractivity contribution in [2.75, 3.05) is 13.1 Å². The van der Waals surface area contributed by atoms with Gasteiger partial charge < -0.3 is 9.47 Å². The Labute approximate surface area is 120 Å². The summed E-state index contributed by atoms with van der Waals surface area (Å²) in [4.78, 5) is 19.0. The largest absolute Gasteiger partial charge is 0.340 e. The molecule has 1 unspecified atom stereocenters. The molecule has 0 N–H and O–H groups in total. The first-order chi connectivity index (χ1) is 9.74. The normalized spacial score (nSPS) is 26.9. The summed E-state index contributed by atoms with van der Waals surface area (Å²) in [7, 11) is 0. The Morgan fingerprint density at radius 2 is 2.05 bits per heavy atom. The number of hydrogen-bond donors (Lipinski definition) is 0. The lowest BCUT2D eigenvalue weighted by atomic mass is 10.0. The molecule has 4 nitrogen and oxygen atoms in total. The van der Waals surface area contributed by atoms with Gasteiger partial charge in [-0.25, -0.2) is 4.98 Å². The van der Waals surface area contributed by atoms with Crippen LogP contribution in [0.1, 0.15) is 62.0 Å². The molecule has 1 aliphatic heterocycles. The van der Waals surface area contributed by atoms with Gasteiger partial charge in [0.2, 0.25) is 5.91 Å². The van der Waals surface area contributed by atoms with Gasteiger partial charge in [0.1, 0.15) is 5.82 Å². The molecule has 1 saturated heterocycles. The van der Waals surface area contributed by atoms with Crippen LogP contribution in [0.25, 0.3) is 0 Å². The quantitative estimate of drug-likeness (QED) is 0.849. The van der Waals surface area contributed by atoms with Gasteiger partial charge in [-0.15, -0.1) is 0 Å². The predicted octanol–water partition coefficient (Wildman–Crippen LogP) is 2.64. The van der Waals surface area contributed by atoms with Crippen molar-refractivity contribution < 1.29 is 4.79 Å². The number of aromatic nitrogens is 2. The number of carbonyl (C=O) groups is 1. The van der Waals surface area contributed by atoms with Crippen LogP contribution < -0.4 is 0 Å². The molecule has 108 valence electrons. The minimum atomic E-state index is 0.348. The standard InChI is InChI=1S/C16H23N3O/c1-11-9-17-15(12-4-5-12)19(11)14-3-2-8-18(10-14)16(20)13-6-7-13/h9,12-14H,2-8,10H2,1H3. The third-order valence-electron chi connectivity index (χ3n) is 4.95. The van der Waals surface area contributed by atoms with Crippen LogP contribution in [0.2, 0.25) is 0 Å². The number of likely N-dealkylation sites (tertiary alicyclic amines) is 1. The summed E-state index contributed by atoms with van der Waals surface area (Å²) >= 11 is 0. The Morgan fingerprint density at radius 1 is 1.25 bits per heavy atom. The molecule has 3 aliphatic rings. The summed E-state index contributed by atoms with van der Waals surface area (Å²) in [5.74, 6) is 2.70. The molecule has 1 aromatic heterocycles. The summed E-state index contributed by atoms with van der Waals surface area (Å²) < 4.78 is 2.43. The van der Waals surface area contributed by atoms with Crippen molar-refractivity contribution in [2.24, 2.45) is 5.92 Å². The average Bonchev–Trinajstić information content (AvgIpc) is 3.36. The maximum Gasteiger partial charge on any atom is 0.225 e. The number of carbonyl (C=O) groups excluding carboxylic acids is 1. The molecule has 0 aromatic carbocycles. The van der Waals surface area contributed by atoms with Crippen LogP contribution in [0.15, 0.2) is 6.20 Å². The van der Waals surface area contributed by atoms with Crippen molar-refractivity contribution in [3.05, 3.63) is 17.7 Å². The molecule has 1 amide bonds. The molecule has 20 heavy (non-hydrogen) atoms. The van der Waals surface area contributed by atoms with Crippen LogP contribution in [0, 0.1) is 12.8 Å². The Morgan fingerprint density at radius 3 is 2.75 bits per heavy atom. The van der Waals surface area contributed by atoms with Crippen molar-refractivity contribution >= 4 is 5.91 Å². The van der Waals surface area contributed by atoms with Crippen molar-refractivity contribution in [1.29, 1.82) is 0 Å². The number of nitrogens with zero attached hydrogens (tertiary/aromatic N) is 3. The minimum Gasteiger partial charge on any atom is -0.340 e. The van der Waals surface area contributed by atoms with Gasteiger partial charge in [-0.3, -0.25) is 4.79 Å². The van der Waals surface area contributed by atoms with E-state index >= 15 is 0 Å². The van der Waals surface area contributed by atoms with Gasteiger partial charge in [0, 0.05) is 36.8 Å². The summed E-state index contributed by atoms with van der Waals surface area (Å²) in [6.45, 7) is 4.01. The second-order valence-electron chi connectivity index (χ2n) is 6.76. The van der Waals surface area contributed by atoms with Crippen molar-refractivity contribution in [1.82, 2.24) is 14.5 Å². The van der Waals surface area contributed by atoms with Crippen LogP contribution in [0.3, 0.4) is 0 Å². The topological polar surface area (TPSA) is 38.1 Å². The van der Waals surface area contributed by atoms with E-state index in [-0.39, 0.29) is 0 Å². The Hall–Kier alpha value is -1.32. The van der Waals surface area contributed by atoms with Crippen molar-refractivity contribution in [2.45, 2.75) is 57.4 Å². The molecule has 2 aliphatic carbocycles. The predicted molar refractivity (Wildman–Crippen MR) is 76.5 cm³/mol. The third-order valence-corrected chi connectivity index (χ3v) is 4.95. The molecule has 0 spiro atoms. The van der Waals surface area contributed by atoms with Gasteiger partial charge >= 0.3 is 0 Å². The summed E-state index contributed by atoms with van der Waals surface area (Å²) in [5, 5.41) is 0. The first-order valence-corrected chi connectivity index (χ1v) is 8.06. The maximum atomic E-state index is 12.3. The highest BCUT2D eigenvalue weighted by Crippen LogP contribution is 2.41. The molecule has 4 rings (SSSR count). The van der Waals surface area contributed by atoms with E-state index in [4.69, 9.17) is 0 Å². The van der Waals surface area contributed by atoms with Crippen molar-refractivity contribution in [3.8, 4) is 0 Å². The first-order valence-electron chi connectivity index (χ1n) is 8.06. The molecule has 4 heteroatoms. The Kier molecular flexibility index (Phi) is 2.86. The molecule has 2 saturated carbocycles. The number of amides is 1. The molecule has 3 fully saturated rings. The zero-order valence-corrected chi connectivity index (χ0v) is 12.2. The van der Waals surface area contributed by atoms with E-state index in [0.29, 0.717) is 23.8 Å². The minimum absolute atomic E-state index is 0.348. The summed E-state index contributed by atoms with van der Waals surface area (Å²) in [6, 6.07) is 0.449. The van der Waals surface area contributed by atoms with Crippen LogP contribution in [0.4, 0.5) is 0 Å². The molecule has 0 radical (unpaired) electrons. The number of hydrogen-bond acceptors (Lipinski definition) is 2. The smallest absolute Gasteiger partial charge is 0.225 e. The maximum absolute atomic E-state index is 12.3. The van der Waals surface area contributed by atoms with E-state index in [2.05, 4.69) is 21.4 Å². The molecule has 1 atom stereocenters. The van der Waals surface area contributed by atoms with Gasteiger partial charge in [-0.1, -0.05) is 0 Å². The second-order valence-corrected chi connectivity index (χ2v) is 6.76. The van der Waals surface area contributed by atoms with E-state index < -0.39 is 0 Å². The Bertz CT molecular complexity index is 528. The summed E-state index contributed by atoms with van der Waals surface area (Å²) in [5.41, 5.74) is 1.26. The average molecular weight is 273 g/mol. The molecular weight excluding hydrogens is 250 g/mol. The molecule has 1 aromatic rings. The van der Waals surface area contributed by atoms with Gasteiger partial charge in [0.15, 0.2) is 0 Å². The lowest BCUT2D eigenvalue weighted by Crippen LogP contribution is -2.41. The van der Waals surface area contributed by atoms with E-state index in [1.54, 1.807) is 0 Å². The van der Waals surface area contributed by atoms with Gasteiger partial charge in [0.25, 0.3) is 0 Å². The SMILES string of the molecule is Cc1cnc(C2CC2)n1C1CCCN(C(=O)C2CC2)C1. The van der Waals surface area contributed by atoms with Crippen LogP contribution >= 0.6 is 0 Å². The lowest BCUT2D eigenvalue weighted by Gasteiger charge is -2.35. The van der Waals surface area contributed by atoms with Gasteiger partial charge in [0.05, 0.1) is 6.04 Å². The summed E-state index contributed by atoms with van der Waals surface area (Å²) in [6.07, 6.45) is 9.11. The number of aryl methyl sites for hydroxylation is 1. The van der Waals surface area contributed by atoms with Crippen molar-refractivity contribution in [3.63, 3.8) is 0 Å². The van der Waals surface area contributed by atoms with E-state index in [1.807, 2.05) is 6.20 Å². The molecular formula is C16H23N3O. The van der Waals surface area contributed by atoms with E-state index in [0.717, 1.165) is 32.4 Å². The third kappa shape index (κ3) is 2.15. The lowest BCUT2D eigenvalue weighted by molar-refractivity contribution is -0.134.